The molecule has 1 aliphatic rings. The number of aldehydes is 1. The van der Waals surface area contributed by atoms with Gasteiger partial charge < -0.3 is 9.53 Å². The first-order chi connectivity index (χ1) is 10.9. The Labute approximate surface area is 131 Å². The molecule has 22 heavy (non-hydrogen) atoms. The van der Waals surface area contributed by atoms with E-state index in [-0.39, 0.29) is 0 Å². The van der Waals surface area contributed by atoms with Gasteiger partial charge in [0.15, 0.2) is 0 Å². The van der Waals surface area contributed by atoms with Crippen LogP contribution in [0.5, 0.6) is 5.75 Å². The average molecular weight is 297 g/mol. The van der Waals surface area contributed by atoms with E-state index in [4.69, 9.17) is 4.74 Å². The van der Waals surface area contributed by atoms with E-state index in [2.05, 4.69) is 23.2 Å². The van der Waals surface area contributed by atoms with Crippen molar-refractivity contribution >= 4 is 17.2 Å². The number of carbonyl (C=O) groups is 1. The second kappa shape index (κ2) is 7.39. The standard InChI is InChI=1S/C19H23NO2/c21-12-5-1-2-7-15-13-16-8-6-11-20-19(16)18(14-15)22-17-9-3-4-10-17/h6,8,11-14,17H,1-5,7,9-10H2. The molecule has 116 valence electrons. The zero-order valence-corrected chi connectivity index (χ0v) is 13.0. The highest BCUT2D eigenvalue weighted by Crippen LogP contribution is 2.30. The first-order valence-electron chi connectivity index (χ1n) is 8.35. The fourth-order valence-corrected chi connectivity index (χ4v) is 3.19. The molecule has 1 saturated carbocycles. The smallest absolute Gasteiger partial charge is 0.146 e. The van der Waals surface area contributed by atoms with E-state index in [1.165, 1.54) is 18.4 Å². The topological polar surface area (TPSA) is 39.2 Å². The summed E-state index contributed by atoms with van der Waals surface area (Å²) in [5, 5.41) is 1.14. The van der Waals surface area contributed by atoms with Gasteiger partial charge in [-0.3, -0.25) is 4.98 Å². The molecule has 0 aliphatic heterocycles. The number of fused-ring (bicyclic) bond motifs is 1. The van der Waals surface area contributed by atoms with Gasteiger partial charge in [0.25, 0.3) is 0 Å². The van der Waals surface area contributed by atoms with Crippen LogP contribution in [0.25, 0.3) is 10.9 Å². The van der Waals surface area contributed by atoms with Gasteiger partial charge in [0, 0.05) is 18.0 Å². The van der Waals surface area contributed by atoms with E-state index < -0.39 is 0 Å². The summed E-state index contributed by atoms with van der Waals surface area (Å²) in [5.41, 5.74) is 2.24. The van der Waals surface area contributed by atoms with Crippen molar-refractivity contribution in [1.29, 1.82) is 0 Å². The normalized spacial score (nSPS) is 15.3. The summed E-state index contributed by atoms with van der Waals surface area (Å²) in [6, 6.07) is 8.41. The number of carbonyl (C=O) groups excluding carboxylic acids is 1. The lowest BCUT2D eigenvalue weighted by atomic mass is 10.0. The molecule has 1 aromatic carbocycles. The Hall–Kier alpha value is -1.90. The number of aromatic nitrogens is 1. The minimum atomic E-state index is 0.343. The Bertz CT molecular complexity index is 632. The van der Waals surface area contributed by atoms with Crippen LogP contribution in [0.15, 0.2) is 30.5 Å². The number of ether oxygens (including phenoxy) is 1. The number of unbranched alkanes of at least 4 members (excludes halogenated alkanes) is 2. The number of pyridine rings is 1. The zero-order valence-electron chi connectivity index (χ0n) is 13.0. The van der Waals surface area contributed by atoms with Crippen molar-refractivity contribution < 1.29 is 9.53 Å². The van der Waals surface area contributed by atoms with Crippen LogP contribution in [0.2, 0.25) is 0 Å². The van der Waals surface area contributed by atoms with Crippen molar-refractivity contribution in [3.8, 4) is 5.75 Å². The molecule has 1 aliphatic carbocycles. The van der Waals surface area contributed by atoms with Gasteiger partial charge in [0.2, 0.25) is 0 Å². The van der Waals surface area contributed by atoms with E-state index in [0.717, 1.165) is 55.0 Å². The van der Waals surface area contributed by atoms with E-state index in [1.807, 2.05) is 12.3 Å². The number of hydrogen-bond donors (Lipinski definition) is 0. The number of rotatable bonds is 7. The Morgan fingerprint density at radius 3 is 2.91 bits per heavy atom. The Morgan fingerprint density at radius 1 is 1.23 bits per heavy atom. The van der Waals surface area contributed by atoms with Crippen LogP contribution in [0.1, 0.15) is 50.5 Å². The number of aryl methyl sites for hydroxylation is 1. The molecular formula is C19H23NO2. The first kappa shape index (κ1) is 15.0. The molecule has 2 aromatic rings. The molecule has 0 amide bonds. The second-order valence-electron chi connectivity index (χ2n) is 6.11. The number of benzene rings is 1. The first-order valence-corrected chi connectivity index (χ1v) is 8.35. The molecule has 3 heteroatoms. The fourth-order valence-electron chi connectivity index (χ4n) is 3.19. The second-order valence-corrected chi connectivity index (χ2v) is 6.11. The van der Waals surface area contributed by atoms with Gasteiger partial charge >= 0.3 is 0 Å². The van der Waals surface area contributed by atoms with Gasteiger partial charge in [0.05, 0.1) is 6.10 Å². The van der Waals surface area contributed by atoms with Gasteiger partial charge in [0.1, 0.15) is 17.6 Å². The highest BCUT2D eigenvalue weighted by Gasteiger charge is 2.18. The molecular weight excluding hydrogens is 274 g/mol. The van der Waals surface area contributed by atoms with Crippen LogP contribution in [-0.2, 0) is 11.2 Å². The lowest BCUT2D eigenvalue weighted by Gasteiger charge is -2.16. The number of hydrogen-bond acceptors (Lipinski definition) is 3. The van der Waals surface area contributed by atoms with E-state index >= 15 is 0 Å². The van der Waals surface area contributed by atoms with Crippen molar-refractivity contribution in [2.75, 3.05) is 0 Å². The maximum absolute atomic E-state index is 10.4. The molecule has 1 heterocycles. The highest BCUT2D eigenvalue weighted by molar-refractivity contribution is 5.85. The zero-order chi connectivity index (χ0) is 15.2. The third-order valence-corrected chi connectivity index (χ3v) is 4.36. The molecule has 0 radical (unpaired) electrons. The molecule has 3 nitrogen and oxygen atoms in total. The van der Waals surface area contributed by atoms with Crippen LogP contribution in [0, 0.1) is 0 Å². The van der Waals surface area contributed by atoms with E-state index in [9.17, 15) is 4.79 Å². The Kier molecular flexibility index (Phi) is 5.04. The third kappa shape index (κ3) is 3.65. The third-order valence-electron chi connectivity index (χ3n) is 4.36. The summed E-state index contributed by atoms with van der Waals surface area (Å²) in [6.45, 7) is 0. The molecule has 0 atom stereocenters. The SMILES string of the molecule is O=CCCCCc1cc(OC2CCCC2)c2ncccc2c1. The Morgan fingerprint density at radius 2 is 2.09 bits per heavy atom. The van der Waals surface area contributed by atoms with E-state index in [1.54, 1.807) is 0 Å². The summed E-state index contributed by atoms with van der Waals surface area (Å²) in [4.78, 5) is 14.9. The van der Waals surface area contributed by atoms with Gasteiger partial charge in [-0.2, -0.15) is 0 Å². The summed E-state index contributed by atoms with van der Waals surface area (Å²) in [6.07, 6.45) is 11.6. The Balaban J connectivity index is 1.81. The molecule has 0 spiro atoms. The molecule has 0 bridgehead atoms. The summed E-state index contributed by atoms with van der Waals surface area (Å²) < 4.78 is 6.24. The van der Waals surface area contributed by atoms with Gasteiger partial charge in [-0.15, -0.1) is 0 Å². The predicted molar refractivity (Wildman–Crippen MR) is 88.2 cm³/mol. The molecule has 0 unspecified atom stereocenters. The van der Waals surface area contributed by atoms with Gasteiger partial charge in [-0.05, 0) is 68.7 Å². The average Bonchev–Trinajstić information content (AvgIpc) is 3.05. The monoisotopic (exact) mass is 297 g/mol. The predicted octanol–water partition coefficient (Wildman–Crippen LogP) is 4.47. The highest BCUT2D eigenvalue weighted by atomic mass is 16.5. The summed E-state index contributed by atoms with van der Waals surface area (Å²) in [5.74, 6) is 0.926. The molecule has 0 N–H and O–H groups in total. The fraction of sp³-hybridized carbons (Fsp3) is 0.474. The van der Waals surface area contributed by atoms with Crippen LogP contribution >= 0.6 is 0 Å². The quantitative estimate of drug-likeness (QED) is 0.559. The van der Waals surface area contributed by atoms with Crippen LogP contribution in [0.4, 0.5) is 0 Å². The number of nitrogens with zero attached hydrogens (tertiary/aromatic N) is 1. The molecule has 3 rings (SSSR count). The van der Waals surface area contributed by atoms with Crippen LogP contribution in [-0.4, -0.2) is 17.4 Å². The summed E-state index contributed by atoms with van der Waals surface area (Å²) in [7, 11) is 0. The lowest BCUT2D eigenvalue weighted by Crippen LogP contribution is -2.11. The van der Waals surface area contributed by atoms with Crippen molar-refractivity contribution in [2.45, 2.75) is 57.5 Å². The maximum atomic E-state index is 10.4. The van der Waals surface area contributed by atoms with E-state index in [0.29, 0.717) is 12.5 Å². The van der Waals surface area contributed by atoms with Crippen molar-refractivity contribution in [1.82, 2.24) is 4.98 Å². The van der Waals surface area contributed by atoms with Crippen molar-refractivity contribution in [2.24, 2.45) is 0 Å². The molecule has 1 fully saturated rings. The molecule has 1 aromatic heterocycles. The minimum Gasteiger partial charge on any atom is -0.488 e. The van der Waals surface area contributed by atoms with Gasteiger partial charge in [-0.25, -0.2) is 0 Å². The minimum absolute atomic E-state index is 0.343. The van der Waals surface area contributed by atoms with Crippen molar-refractivity contribution in [3.05, 3.63) is 36.0 Å². The maximum Gasteiger partial charge on any atom is 0.146 e. The molecule has 0 saturated heterocycles. The van der Waals surface area contributed by atoms with Crippen LogP contribution < -0.4 is 4.74 Å². The lowest BCUT2D eigenvalue weighted by molar-refractivity contribution is -0.107. The summed E-state index contributed by atoms with van der Waals surface area (Å²) >= 11 is 0. The van der Waals surface area contributed by atoms with Crippen LogP contribution in [0.3, 0.4) is 0 Å². The largest absolute Gasteiger partial charge is 0.488 e. The van der Waals surface area contributed by atoms with Gasteiger partial charge in [-0.1, -0.05) is 6.07 Å². The van der Waals surface area contributed by atoms with Crippen molar-refractivity contribution in [3.63, 3.8) is 0 Å².